The van der Waals surface area contributed by atoms with Crippen molar-refractivity contribution in [3.8, 4) is 0 Å². The van der Waals surface area contributed by atoms with Crippen LogP contribution in [0.2, 0.25) is 0 Å². The molecule has 0 N–H and O–H groups in total. The Morgan fingerprint density at radius 1 is 1.19 bits per heavy atom. The number of anilines is 1. The third-order valence-electron chi connectivity index (χ3n) is 4.69. The highest BCUT2D eigenvalue weighted by molar-refractivity contribution is 5.51. The monoisotopic (exact) mass is 289 g/mol. The van der Waals surface area contributed by atoms with Gasteiger partial charge in [0.1, 0.15) is 5.82 Å². The second-order valence-corrected chi connectivity index (χ2v) is 6.65. The molecule has 0 spiro atoms. The molecule has 0 aromatic carbocycles. The van der Waals surface area contributed by atoms with Crippen LogP contribution in [-0.4, -0.2) is 56.3 Å². The first kappa shape index (κ1) is 14.8. The molecule has 4 heteroatoms. The smallest absolute Gasteiger partial charge is 0.132 e. The van der Waals surface area contributed by atoms with Gasteiger partial charge < -0.3 is 14.5 Å². The summed E-state index contributed by atoms with van der Waals surface area (Å²) in [6, 6.07) is 4.51. The van der Waals surface area contributed by atoms with Crippen LogP contribution in [0.4, 0.5) is 5.82 Å². The maximum Gasteiger partial charge on any atom is 0.132 e. The van der Waals surface area contributed by atoms with Crippen LogP contribution < -0.4 is 4.90 Å². The lowest BCUT2D eigenvalue weighted by atomic mass is 9.97. The van der Waals surface area contributed by atoms with Gasteiger partial charge in [0.15, 0.2) is 0 Å². The van der Waals surface area contributed by atoms with Gasteiger partial charge in [0.05, 0.1) is 6.61 Å². The van der Waals surface area contributed by atoms with Crippen molar-refractivity contribution >= 4 is 5.82 Å². The summed E-state index contributed by atoms with van der Waals surface area (Å²) in [4.78, 5) is 9.88. The molecule has 21 heavy (non-hydrogen) atoms. The first-order valence-electron chi connectivity index (χ1n) is 8.17. The van der Waals surface area contributed by atoms with E-state index in [0.29, 0.717) is 11.8 Å². The number of aromatic nitrogens is 1. The van der Waals surface area contributed by atoms with Gasteiger partial charge in [0, 0.05) is 50.0 Å². The lowest BCUT2D eigenvalue weighted by Gasteiger charge is -2.35. The van der Waals surface area contributed by atoms with Gasteiger partial charge in [0.25, 0.3) is 0 Å². The second-order valence-electron chi connectivity index (χ2n) is 6.65. The van der Waals surface area contributed by atoms with E-state index in [9.17, 15) is 0 Å². The molecular formula is C17H27N3O. The molecule has 0 radical (unpaired) electrons. The highest BCUT2D eigenvalue weighted by Crippen LogP contribution is 2.33. The zero-order valence-electron chi connectivity index (χ0n) is 13.5. The number of ether oxygens (including phenoxy) is 1. The van der Waals surface area contributed by atoms with Crippen molar-refractivity contribution < 1.29 is 4.74 Å². The number of hydrogen-bond donors (Lipinski definition) is 0. The normalized spacial score (nSPS) is 24.0. The largest absolute Gasteiger partial charge is 0.381 e. The Labute approximate surface area is 128 Å². The molecule has 1 aromatic heterocycles. The molecule has 116 valence electrons. The minimum absolute atomic E-state index is 0.477. The minimum Gasteiger partial charge on any atom is -0.381 e. The minimum atomic E-state index is 0.477. The lowest BCUT2D eigenvalue weighted by molar-refractivity contribution is 0.194. The predicted octanol–water partition coefficient (Wildman–Crippen LogP) is 2.46. The molecule has 2 aliphatic heterocycles. The molecule has 0 saturated carbocycles. The van der Waals surface area contributed by atoms with Crippen LogP contribution in [0.3, 0.4) is 0 Å². The van der Waals surface area contributed by atoms with Gasteiger partial charge in [-0.1, -0.05) is 19.9 Å². The van der Waals surface area contributed by atoms with Crippen molar-refractivity contribution in [3.05, 3.63) is 23.4 Å². The summed E-state index contributed by atoms with van der Waals surface area (Å²) in [6.07, 6.45) is 1.13. The van der Waals surface area contributed by atoms with Gasteiger partial charge in [-0.3, -0.25) is 0 Å². The third-order valence-corrected chi connectivity index (χ3v) is 4.69. The molecule has 1 atom stereocenters. The molecular weight excluding hydrogens is 262 g/mol. The molecule has 0 unspecified atom stereocenters. The summed E-state index contributed by atoms with van der Waals surface area (Å²) in [5.41, 5.74) is 2.59. The molecule has 3 heterocycles. The molecule has 2 saturated heterocycles. The molecule has 0 aliphatic carbocycles. The first-order chi connectivity index (χ1) is 10.1. The summed E-state index contributed by atoms with van der Waals surface area (Å²) < 4.78 is 5.59. The molecule has 0 bridgehead atoms. The quantitative estimate of drug-likeness (QED) is 0.854. The SMILES string of the molecule is CC(C)c1ccc([C@@H]2CCOC2)c(N2CCN(C)CC2)n1. The van der Waals surface area contributed by atoms with Crippen LogP contribution in [0.1, 0.15) is 43.4 Å². The number of rotatable bonds is 3. The van der Waals surface area contributed by atoms with Crippen molar-refractivity contribution in [3.63, 3.8) is 0 Å². The van der Waals surface area contributed by atoms with Crippen LogP contribution in [0.15, 0.2) is 12.1 Å². The summed E-state index contributed by atoms with van der Waals surface area (Å²) in [5.74, 6) is 2.21. The van der Waals surface area contributed by atoms with Crippen LogP contribution in [0.5, 0.6) is 0 Å². The molecule has 3 rings (SSSR count). The maximum absolute atomic E-state index is 5.59. The van der Waals surface area contributed by atoms with E-state index < -0.39 is 0 Å². The zero-order chi connectivity index (χ0) is 14.8. The average Bonchev–Trinajstić information content (AvgIpc) is 3.01. The van der Waals surface area contributed by atoms with E-state index in [1.807, 2.05) is 0 Å². The maximum atomic E-state index is 5.59. The Morgan fingerprint density at radius 2 is 1.95 bits per heavy atom. The Morgan fingerprint density at radius 3 is 2.57 bits per heavy atom. The van der Waals surface area contributed by atoms with Crippen LogP contribution in [-0.2, 0) is 4.74 Å². The summed E-state index contributed by atoms with van der Waals surface area (Å²) in [6.45, 7) is 10.6. The molecule has 4 nitrogen and oxygen atoms in total. The van der Waals surface area contributed by atoms with Gasteiger partial charge in [-0.2, -0.15) is 0 Å². The predicted molar refractivity (Wildman–Crippen MR) is 86.2 cm³/mol. The van der Waals surface area contributed by atoms with Crippen molar-refractivity contribution in [1.82, 2.24) is 9.88 Å². The van der Waals surface area contributed by atoms with Gasteiger partial charge in [-0.05, 0) is 25.5 Å². The fraction of sp³-hybridized carbons (Fsp3) is 0.706. The van der Waals surface area contributed by atoms with Crippen LogP contribution in [0, 0.1) is 0 Å². The van der Waals surface area contributed by atoms with Crippen LogP contribution in [0.25, 0.3) is 0 Å². The van der Waals surface area contributed by atoms with E-state index >= 15 is 0 Å². The third kappa shape index (κ3) is 3.22. The van der Waals surface area contributed by atoms with Crippen molar-refractivity contribution in [2.24, 2.45) is 0 Å². The van der Waals surface area contributed by atoms with Crippen molar-refractivity contribution in [1.29, 1.82) is 0 Å². The highest BCUT2D eigenvalue weighted by atomic mass is 16.5. The van der Waals surface area contributed by atoms with Gasteiger partial charge in [0.2, 0.25) is 0 Å². The van der Waals surface area contributed by atoms with E-state index in [-0.39, 0.29) is 0 Å². The van der Waals surface area contributed by atoms with Crippen molar-refractivity contribution in [2.45, 2.75) is 32.1 Å². The van der Waals surface area contributed by atoms with Crippen LogP contribution >= 0.6 is 0 Å². The van der Waals surface area contributed by atoms with E-state index in [0.717, 1.165) is 45.8 Å². The van der Waals surface area contributed by atoms with E-state index in [2.05, 4.69) is 42.8 Å². The molecule has 0 amide bonds. The van der Waals surface area contributed by atoms with E-state index in [1.165, 1.54) is 17.1 Å². The summed E-state index contributed by atoms with van der Waals surface area (Å²) in [5, 5.41) is 0. The number of hydrogen-bond acceptors (Lipinski definition) is 4. The van der Waals surface area contributed by atoms with Gasteiger partial charge >= 0.3 is 0 Å². The number of pyridine rings is 1. The fourth-order valence-electron chi connectivity index (χ4n) is 3.17. The number of piperazine rings is 1. The Balaban J connectivity index is 1.91. The molecule has 1 aromatic rings. The zero-order valence-corrected chi connectivity index (χ0v) is 13.5. The number of nitrogens with zero attached hydrogens (tertiary/aromatic N) is 3. The highest BCUT2D eigenvalue weighted by Gasteiger charge is 2.26. The first-order valence-corrected chi connectivity index (χ1v) is 8.17. The fourth-order valence-corrected chi connectivity index (χ4v) is 3.17. The Bertz CT molecular complexity index is 475. The standard InChI is InChI=1S/C17H27N3O/c1-13(2)16-5-4-15(14-6-11-21-12-14)17(18-16)20-9-7-19(3)8-10-20/h4-5,13-14H,6-12H2,1-3H3/t14-/m1/s1. The second kappa shape index (κ2) is 6.32. The lowest BCUT2D eigenvalue weighted by Crippen LogP contribution is -2.45. The molecule has 2 aliphatic rings. The van der Waals surface area contributed by atoms with Crippen molar-refractivity contribution in [2.75, 3.05) is 51.3 Å². The van der Waals surface area contributed by atoms with Gasteiger partial charge in [-0.15, -0.1) is 0 Å². The van der Waals surface area contributed by atoms with Gasteiger partial charge in [-0.25, -0.2) is 4.98 Å². The number of likely N-dealkylation sites (N-methyl/N-ethyl adjacent to an activating group) is 1. The van der Waals surface area contributed by atoms with E-state index in [1.54, 1.807) is 0 Å². The van der Waals surface area contributed by atoms with E-state index in [4.69, 9.17) is 9.72 Å². The Kier molecular flexibility index (Phi) is 4.45. The molecule has 2 fully saturated rings. The average molecular weight is 289 g/mol. The summed E-state index contributed by atoms with van der Waals surface area (Å²) >= 11 is 0. The summed E-state index contributed by atoms with van der Waals surface area (Å²) in [7, 11) is 2.20. The topological polar surface area (TPSA) is 28.6 Å². The Hall–Kier alpha value is -1.13.